The average molecular weight is 373 g/mol. The first-order valence-corrected chi connectivity index (χ1v) is 7.79. The number of aromatic nitrogens is 1. The topological polar surface area (TPSA) is 68.0 Å². The minimum Gasteiger partial charge on any atom is -0.399 e. The summed E-state index contributed by atoms with van der Waals surface area (Å²) in [6, 6.07) is 8.74. The molecule has 1 heterocycles. The molecule has 4 nitrogen and oxygen atoms in total. The van der Waals surface area contributed by atoms with Gasteiger partial charge < -0.3 is 11.1 Å². The van der Waals surface area contributed by atoms with Crippen molar-refractivity contribution in [2.45, 2.75) is 5.03 Å². The van der Waals surface area contributed by atoms with Crippen LogP contribution in [0.1, 0.15) is 0 Å². The molecule has 0 atom stereocenters. The van der Waals surface area contributed by atoms with Crippen molar-refractivity contribution < 1.29 is 4.79 Å². The Labute approximate surface area is 134 Å². The van der Waals surface area contributed by atoms with E-state index in [1.165, 1.54) is 11.8 Å². The average Bonchev–Trinajstić information content (AvgIpc) is 2.41. The van der Waals surface area contributed by atoms with Crippen molar-refractivity contribution in [3.05, 3.63) is 46.0 Å². The van der Waals surface area contributed by atoms with E-state index in [9.17, 15) is 4.79 Å². The van der Waals surface area contributed by atoms with Gasteiger partial charge in [-0.25, -0.2) is 4.98 Å². The fraction of sp³-hybridized carbons (Fsp3) is 0.0769. The Kier molecular flexibility index (Phi) is 5.28. The number of nitrogens with zero attached hydrogens (tertiary/aromatic N) is 1. The first-order chi connectivity index (χ1) is 9.54. The van der Waals surface area contributed by atoms with E-state index in [2.05, 4.69) is 26.2 Å². The van der Waals surface area contributed by atoms with Gasteiger partial charge in [0, 0.05) is 16.4 Å². The molecule has 0 spiro atoms. The summed E-state index contributed by atoms with van der Waals surface area (Å²) in [7, 11) is 0. The Balaban J connectivity index is 1.90. The molecule has 0 aliphatic rings. The molecule has 0 bridgehead atoms. The number of hydrogen-bond donors (Lipinski definition) is 2. The van der Waals surface area contributed by atoms with Crippen molar-refractivity contribution in [3.8, 4) is 0 Å². The van der Waals surface area contributed by atoms with Crippen LogP contribution >= 0.6 is 39.3 Å². The Bertz CT molecular complexity index is 622. The summed E-state index contributed by atoms with van der Waals surface area (Å²) in [5, 5.41) is 4.13. The second kappa shape index (κ2) is 6.97. The summed E-state index contributed by atoms with van der Waals surface area (Å²) in [6.07, 6.45) is 1.55. The third-order valence-electron chi connectivity index (χ3n) is 2.32. The smallest absolute Gasteiger partial charge is 0.234 e. The van der Waals surface area contributed by atoms with Gasteiger partial charge in [0.1, 0.15) is 0 Å². The number of nitrogens with one attached hydrogen (secondary N) is 1. The first-order valence-electron chi connectivity index (χ1n) is 5.64. The molecule has 0 saturated carbocycles. The predicted octanol–water partition coefficient (Wildman–Crippen LogP) is 3.81. The molecule has 0 radical (unpaired) electrons. The zero-order chi connectivity index (χ0) is 14.5. The van der Waals surface area contributed by atoms with Crippen LogP contribution in [0, 0.1) is 0 Å². The number of halogens is 2. The molecular formula is C13H11BrClN3OS. The van der Waals surface area contributed by atoms with Crippen LogP contribution in [0.15, 0.2) is 46.0 Å². The molecule has 2 rings (SSSR count). The second-order valence-corrected chi connectivity index (χ2v) is 6.18. The molecule has 1 aromatic carbocycles. The normalized spacial score (nSPS) is 10.3. The number of thioether (sulfide) groups is 1. The Morgan fingerprint density at radius 3 is 2.85 bits per heavy atom. The summed E-state index contributed by atoms with van der Waals surface area (Å²) in [4.78, 5) is 16.0. The number of pyridine rings is 1. The van der Waals surface area contributed by atoms with Crippen molar-refractivity contribution in [1.82, 2.24) is 4.98 Å². The number of carbonyl (C=O) groups is 1. The largest absolute Gasteiger partial charge is 0.399 e. The van der Waals surface area contributed by atoms with Crippen LogP contribution < -0.4 is 11.1 Å². The summed E-state index contributed by atoms with van der Waals surface area (Å²) >= 11 is 10.4. The van der Waals surface area contributed by atoms with E-state index in [0.29, 0.717) is 16.4 Å². The predicted molar refractivity (Wildman–Crippen MR) is 87.2 cm³/mol. The zero-order valence-electron chi connectivity index (χ0n) is 10.3. The quantitative estimate of drug-likeness (QED) is 0.632. The van der Waals surface area contributed by atoms with Gasteiger partial charge in [-0.05, 0) is 46.3 Å². The van der Waals surface area contributed by atoms with E-state index >= 15 is 0 Å². The Hall–Kier alpha value is -1.24. The molecular weight excluding hydrogens is 362 g/mol. The zero-order valence-corrected chi connectivity index (χ0v) is 13.4. The Morgan fingerprint density at radius 2 is 2.20 bits per heavy atom. The van der Waals surface area contributed by atoms with Crippen LogP contribution in [0.3, 0.4) is 0 Å². The van der Waals surface area contributed by atoms with E-state index in [0.717, 1.165) is 9.50 Å². The second-order valence-electron chi connectivity index (χ2n) is 3.89. The van der Waals surface area contributed by atoms with Crippen LogP contribution in [0.25, 0.3) is 0 Å². The van der Waals surface area contributed by atoms with Crippen molar-refractivity contribution in [2.75, 3.05) is 16.8 Å². The third kappa shape index (κ3) is 4.40. The van der Waals surface area contributed by atoms with Gasteiger partial charge in [0.2, 0.25) is 5.91 Å². The van der Waals surface area contributed by atoms with Crippen LogP contribution in [0.2, 0.25) is 5.02 Å². The maximum absolute atomic E-state index is 11.9. The van der Waals surface area contributed by atoms with Crippen molar-refractivity contribution in [3.63, 3.8) is 0 Å². The van der Waals surface area contributed by atoms with Crippen LogP contribution in [-0.2, 0) is 4.79 Å². The lowest BCUT2D eigenvalue weighted by Crippen LogP contribution is -2.14. The van der Waals surface area contributed by atoms with Crippen LogP contribution in [-0.4, -0.2) is 16.6 Å². The van der Waals surface area contributed by atoms with Crippen molar-refractivity contribution in [2.24, 2.45) is 0 Å². The monoisotopic (exact) mass is 371 g/mol. The molecule has 1 aromatic heterocycles. The number of rotatable bonds is 4. The number of nitrogens with two attached hydrogens (primary N) is 1. The summed E-state index contributed by atoms with van der Waals surface area (Å²) in [5.74, 6) is 0.156. The molecule has 0 unspecified atom stereocenters. The number of amides is 1. The number of anilines is 2. The molecule has 1 amide bonds. The SMILES string of the molecule is Nc1ccc(NC(=O)CSc2ccc(Cl)cn2)c(Br)c1. The molecule has 0 saturated heterocycles. The highest BCUT2D eigenvalue weighted by Gasteiger charge is 2.07. The Morgan fingerprint density at radius 1 is 1.40 bits per heavy atom. The fourth-order valence-corrected chi connectivity index (χ4v) is 2.66. The molecule has 7 heteroatoms. The minimum absolute atomic E-state index is 0.114. The number of carbonyl (C=O) groups excluding carboxylic acids is 1. The highest BCUT2D eigenvalue weighted by Crippen LogP contribution is 2.25. The molecule has 0 aliphatic carbocycles. The van der Waals surface area contributed by atoms with Gasteiger partial charge in [0.05, 0.1) is 21.5 Å². The van der Waals surface area contributed by atoms with Gasteiger partial charge in [-0.3, -0.25) is 4.79 Å². The summed E-state index contributed by atoms with van der Waals surface area (Å²) in [6.45, 7) is 0. The molecule has 2 aromatic rings. The molecule has 0 aliphatic heterocycles. The fourth-order valence-electron chi connectivity index (χ4n) is 1.41. The van der Waals surface area contributed by atoms with Gasteiger partial charge in [-0.15, -0.1) is 0 Å². The number of nitrogen functional groups attached to an aromatic ring is 1. The van der Waals surface area contributed by atoms with Crippen molar-refractivity contribution in [1.29, 1.82) is 0 Å². The highest BCUT2D eigenvalue weighted by atomic mass is 79.9. The van der Waals surface area contributed by atoms with E-state index in [4.69, 9.17) is 17.3 Å². The maximum Gasteiger partial charge on any atom is 0.234 e. The maximum atomic E-state index is 11.9. The van der Waals surface area contributed by atoms with E-state index in [1.54, 1.807) is 36.5 Å². The number of hydrogen-bond acceptors (Lipinski definition) is 4. The molecule has 104 valence electrons. The van der Waals surface area contributed by atoms with Crippen LogP contribution in [0.5, 0.6) is 0 Å². The standard InChI is InChI=1S/C13H11BrClN3OS/c14-10-5-9(16)2-3-11(10)18-12(19)7-20-13-4-1-8(15)6-17-13/h1-6H,7,16H2,(H,18,19). The summed E-state index contributed by atoms with van der Waals surface area (Å²) in [5.41, 5.74) is 6.96. The highest BCUT2D eigenvalue weighted by molar-refractivity contribution is 9.10. The lowest BCUT2D eigenvalue weighted by atomic mass is 10.3. The number of benzene rings is 1. The molecule has 20 heavy (non-hydrogen) atoms. The van der Waals surface area contributed by atoms with Gasteiger partial charge >= 0.3 is 0 Å². The van der Waals surface area contributed by atoms with Crippen LogP contribution in [0.4, 0.5) is 11.4 Å². The first kappa shape index (κ1) is 15.2. The lowest BCUT2D eigenvalue weighted by molar-refractivity contribution is -0.113. The van der Waals surface area contributed by atoms with Gasteiger partial charge in [-0.1, -0.05) is 23.4 Å². The van der Waals surface area contributed by atoms with Gasteiger partial charge in [0.15, 0.2) is 0 Å². The van der Waals surface area contributed by atoms with Gasteiger partial charge in [-0.2, -0.15) is 0 Å². The van der Waals surface area contributed by atoms with Crippen molar-refractivity contribution >= 4 is 56.6 Å². The summed E-state index contributed by atoms with van der Waals surface area (Å²) < 4.78 is 0.750. The third-order valence-corrected chi connectivity index (χ3v) is 4.14. The van der Waals surface area contributed by atoms with E-state index in [-0.39, 0.29) is 11.7 Å². The molecule has 0 fully saturated rings. The molecule has 3 N–H and O–H groups in total. The minimum atomic E-state index is -0.114. The van der Waals surface area contributed by atoms with E-state index in [1.807, 2.05) is 0 Å². The lowest BCUT2D eigenvalue weighted by Gasteiger charge is -2.07. The van der Waals surface area contributed by atoms with Gasteiger partial charge in [0.25, 0.3) is 0 Å². The van der Waals surface area contributed by atoms with E-state index < -0.39 is 0 Å².